The van der Waals surface area contributed by atoms with E-state index in [-0.39, 0.29) is 5.41 Å². The lowest BCUT2D eigenvalue weighted by Crippen LogP contribution is -2.39. The highest BCUT2D eigenvalue weighted by molar-refractivity contribution is 4.79. The Hall–Kier alpha value is -0.0800. The normalized spacial score (nSPS) is 17.0. The molecular formula is C10H23NO. The van der Waals surface area contributed by atoms with E-state index in [0.29, 0.717) is 5.92 Å². The monoisotopic (exact) mass is 173 g/mol. The number of nitrogens with zero attached hydrogens (tertiary/aromatic N) is 1. The molecule has 0 N–H and O–H groups in total. The van der Waals surface area contributed by atoms with Gasteiger partial charge in [-0.2, -0.15) is 0 Å². The van der Waals surface area contributed by atoms with Crippen LogP contribution in [-0.2, 0) is 4.74 Å². The molecule has 2 heteroatoms. The zero-order valence-electron chi connectivity index (χ0n) is 9.35. The molecule has 0 bridgehead atoms. The van der Waals surface area contributed by atoms with Crippen molar-refractivity contribution in [3.05, 3.63) is 0 Å². The molecule has 12 heavy (non-hydrogen) atoms. The summed E-state index contributed by atoms with van der Waals surface area (Å²) in [5.74, 6) is 0.653. The Labute approximate surface area is 76.9 Å². The molecule has 74 valence electrons. The van der Waals surface area contributed by atoms with Gasteiger partial charge in [0.1, 0.15) is 0 Å². The van der Waals surface area contributed by atoms with Crippen molar-refractivity contribution in [3.8, 4) is 0 Å². The van der Waals surface area contributed by atoms with Crippen LogP contribution in [0.15, 0.2) is 0 Å². The van der Waals surface area contributed by atoms with Crippen molar-refractivity contribution < 1.29 is 4.74 Å². The van der Waals surface area contributed by atoms with Gasteiger partial charge < -0.3 is 9.64 Å². The summed E-state index contributed by atoms with van der Waals surface area (Å²) in [6, 6.07) is 0. The van der Waals surface area contributed by atoms with Crippen LogP contribution in [0.1, 0.15) is 20.8 Å². The maximum absolute atomic E-state index is 5.24. The fourth-order valence-corrected chi connectivity index (χ4v) is 1.45. The Morgan fingerprint density at radius 1 is 1.33 bits per heavy atom. The minimum absolute atomic E-state index is 0.276. The highest BCUT2D eigenvalue weighted by Gasteiger charge is 2.28. The first-order valence-corrected chi connectivity index (χ1v) is 4.56. The van der Waals surface area contributed by atoms with Crippen LogP contribution >= 0.6 is 0 Å². The molecule has 0 amide bonds. The summed E-state index contributed by atoms with van der Waals surface area (Å²) in [6.45, 7) is 8.70. The topological polar surface area (TPSA) is 12.5 Å². The Bertz CT molecular complexity index is 123. The van der Waals surface area contributed by atoms with Gasteiger partial charge in [0.05, 0.1) is 6.61 Å². The van der Waals surface area contributed by atoms with Gasteiger partial charge in [-0.25, -0.2) is 0 Å². The molecule has 0 rings (SSSR count). The third kappa shape index (κ3) is 3.55. The molecule has 0 aromatic heterocycles. The smallest absolute Gasteiger partial charge is 0.0530 e. The molecule has 0 saturated heterocycles. The quantitative estimate of drug-likeness (QED) is 0.629. The van der Waals surface area contributed by atoms with Crippen LogP contribution in [0.2, 0.25) is 0 Å². The van der Waals surface area contributed by atoms with E-state index in [0.717, 1.165) is 13.2 Å². The van der Waals surface area contributed by atoms with Crippen LogP contribution in [0.25, 0.3) is 0 Å². The van der Waals surface area contributed by atoms with Crippen LogP contribution in [0.5, 0.6) is 0 Å². The lowest BCUT2D eigenvalue weighted by atomic mass is 9.79. The van der Waals surface area contributed by atoms with Crippen molar-refractivity contribution in [1.82, 2.24) is 4.90 Å². The van der Waals surface area contributed by atoms with Crippen LogP contribution in [0.3, 0.4) is 0 Å². The fourth-order valence-electron chi connectivity index (χ4n) is 1.45. The van der Waals surface area contributed by atoms with Crippen LogP contribution in [0.4, 0.5) is 0 Å². The second-order valence-corrected chi connectivity index (χ2v) is 4.48. The molecule has 0 aromatic carbocycles. The van der Waals surface area contributed by atoms with Crippen molar-refractivity contribution in [2.24, 2.45) is 11.3 Å². The number of methoxy groups -OCH3 is 1. The van der Waals surface area contributed by atoms with Crippen molar-refractivity contribution >= 4 is 0 Å². The molecule has 2 nitrogen and oxygen atoms in total. The molecule has 0 heterocycles. The molecule has 1 unspecified atom stereocenters. The minimum atomic E-state index is 0.276. The van der Waals surface area contributed by atoms with E-state index < -0.39 is 0 Å². The first-order valence-electron chi connectivity index (χ1n) is 4.56. The van der Waals surface area contributed by atoms with Crippen molar-refractivity contribution in [2.75, 3.05) is 34.4 Å². The third-order valence-corrected chi connectivity index (χ3v) is 2.55. The van der Waals surface area contributed by atoms with E-state index in [2.05, 4.69) is 39.8 Å². The Morgan fingerprint density at radius 2 is 1.83 bits per heavy atom. The molecule has 0 aliphatic carbocycles. The third-order valence-electron chi connectivity index (χ3n) is 2.55. The predicted molar refractivity (Wildman–Crippen MR) is 53.4 cm³/mol. The zero-order chi connectivity index (χ0) is 9.78. The summed E-state index contributed by atoms with van der Waals surface area (Å²) in [6.07, 6.45) is 0. The maximum atomic E-state index is 5.24. The number of ether oxygens (including phenoxy) is 1. The van der Waals surface area contributed by atoms with Crippen LogP contribution < -0.4 is 0 Å². The van der Waals surface area contributed by atoms with Crippen LogP contribution in [-0.4, -0.2) is 39.3 Å². The molecule has 0 aromatic rings. The number of hydrogen-bond acceptors (Lipinski definition) is 2. The lowest BCUT2D eigenvalue weighted by molar-refractivity contribution is 0.0367. The van der Waals surface area contributed by atoms with Gasteiger partial charge >= 0.3 is 0 Å². The molecule has 0 spiro atoms. The molecule has 0 aliphatic heterocycles. The molecule has 0 aliphatic rings. The van der Waals surface area contributed by atoms with E-state index in [1.54, 1.807) is 7.11 Å². The highest BCUT2D eigenvalue weighted by Crippen LogP contribution is 2.27. The summed E-state index contributed by atoms with van der Waals surface area (Å²) in [5.41, 5.74) is 0.276. The van der Waals surface area contributed by atoms with Gasteiger partial charge in [0, 0.05) is 19.1 Å². The van der Waals surface area contributed by atoms with Gasteiger partial charge in [0.2, 0.25) is 0 Å². The van der Waals surface area contributed by atoms with E-state index >= 15 is 0 Å². The summed E-state index contributed by atoms with van der Waals surface area (Å²) in [7, 11) is 5.99. The molecule has 0 radical (unpaired) electrons. The van der Waals surface area contributed by atoms with E-state index in [1.165, 1.54) is 0 Å². The van der Waals surface area contributed by atoms with Gasteiger partial charge in [-0.3, -0.25) is 0 Å². The first kappa shape index (κ1) is 11.9. The van der Waals surface area contributed by atoms with Gasteiger partial charge in [0.15, 0.2) is 0 Å². The van der Waals surface area contributed by atoms with E-state index in [1.807, 2.05) is 0 Å². The minimum Gasteiger partial charge on any atom is -0.384 e. The summed E-state index contributed by atoms with van der Waals surface area (Å²) in [5, 5.41) is 0. The number of rotatable bonds is 5. The largest absolute Gasteiger partial charge is 0.384 e. The number of hydrogen-bond donors (Lipinski definition) is 0. The molecule has 1 atom stereocenters. The van der Waals surface area contributed by atoms with Crippen LogP contribution in [0, 0.1) is 11.3 Å². The van der Waals surface area contributed by atoms with E-state index in [9.17, 15) is 0 Å². The average Bonchev–Trinajstić information content (AvgIpc) is 1.85. The van der Waals surface area contributed by atoms with Gasteiger partial charge in [-0.1, -0.05) is 20.8 Å². The Balaban J connectivity index is 4.18. The van der Waals surface area contributed by atoms with Gasteiger partial charge in [-0.05, 0) is 20.0 Å². The summed E-state index contributed by atoms with van der Waals surface area (Å²) >= 11 is 0. The second kappa shape index (κ2) is 4.83. The SMILES string of the molecule is COCC(C)(CN(C)C)C(C)C. The Morgan fingerprint density at radius 3 is 2.08 bits per heavy atom. The lowest BCUT2D eigenvalue weighted by Gasteiger charge is -2.35. The van der Waals surface area contributed by atoms with Crippen molar-refractivity contribution in [2.45, 2.75) is 20.8 Å². The zero-order valence-corrected chi connectivity index (χ0v) is 9.35. The molecule has 0 saturated carbocycles. The highest BCUT2D eigenvalue weighted by atomic mass is 16.5. The van der Waals surface area contributed by atoms with Gasteiger partial charge in [-0.15, -0.1) is 0 Å². The average molecular weight is 173 g/mol. The molecule has 0 fully saturated rings. The first-order chi connectivity index (χ1) is 5.42. The van der Waals surface area contributed by atoms with E-state index in [4.69, 9.17) is 4.74 Å². The predicted octanol–water partition coefficient (Wildman–Crippen LogP) is 1.86. The van der Waals surface area contributed by atoms with Gasteiger partial charge in [0.25, 0.3) is 0 Å². The summed E-state index contributed by atoms with van der Waals surface area (Å²) < 4.78 is 5.24. The van der Waals surface area contributed by atoms with Crippen molar-refractivity contribution in [3.63, 3.8) is 0 Å². The summed E-state index contributed by atoms with van der Waals surface area (Å²) in [4.78, 5) is 2.22. The Kier molecular flexibility index (Phi) is 4.80. The second-order valence-electron chi connectivity index (χ2n) is 4.48. The molecular weight excluding hydrogens is 150 g/mol. The van der Waals surface area contributed by atoms with Crippen molar-refractivity contribution in [1.29, 1.82) is 0 Å². The standard InChI is InChI=1S/C10H23NO/c1-9(2)10(3,8-12-6)7-11(4)5/h9H,7-8H2,1-6H3. The fraction of sp³-hybridized carbons (Fsp3) is 1.00. The maximum Gasteiger partial charge on any atom is 0.0530 e.